The molecule has 9 nitrogen and oxygen atoms in total. The number of carbonyl (C=O) groups excluding carboxylic acids is 3. The zero-order valence-corrected chi connectivity index (χ0v) is 20.8. The summed E-state index contributed by atoms with van der Waals surface area (Å²) in [5, 5.41) is 0.635. The van der Waals surface area contributed by atoms with Crippen molar-refractivity contribution < 1.29 is 27.2 Å². The molecule has 10 heteroatoms. The maximum atomic E-state index is 13.6. The van der Waals surface area contributed by atoms with Crippen LogP contribution in [0.1, 0.15) is 32.0 Å². The fourth-order valence-corrected chi connectivity index (χ4v) is 5.44. The molecule has 0 radical (unpaired) electrons. The number of nitrogens with one attached hydrogen (secondary N) is 1. The minimum atomic E-state index is -4.26. The van der Waals surface area contributed by atoms with E-state index in [9.17, 15) is 22.8 Å². The van der Waals surface area contributed by atoms with Crippen molar-refractivity contribution in [1.82, 2.24) is 15.1 Å². The molecule has 4 rings (SSSR count). The monoisotopic (exact) mass is 509 g/mol. The highest BCUT2D eigenvalue weighted by atomic mass is 32.2. The van der Waals surface area contributed by atoms with E-state index in [2.05, 4.69) is 5.32 Å². The van der Waals surface area contributed by atoms with E-state index in [4.69, 9.17) is 4.42 Å². The summed E-state index contributed by atoms with van der Waals surface area (Å²) in [6.07, 6.45) is 1.41. The molecule has 1 N–H and O–H groups in total. The van der Waals surface area contributed by atoms with Crippen LogP contribution >= 0.6 is 0 Å². The average molecular weight is 510 g/mol. The summed E-state index contributed by atoms with van der Waals surface area (Å²) in [7, 11) is -4.26. The number of carbonyl (C=O) groups is 3. The predicted octanol–water partition coefficient (Wildman–Crippen LogP) is 2.41. The second-order valence-electron chi connectivity index (χ2n) is 8.68. The van der Waals surface area contributed by atoms with Crippen LogP contribution in [0.5, 0.6) is 0 Å². The minimum Gasteiger partial charge on any atom is -0.459 e. The molecule has 1 aliphatic rings. The van der Waals surface area contributed by atoms with Crippen LogP contribution in [0.15, 0.2) is 76.2 Å². The molecule has 1 atom stereocenters. The van der Waals surface area contributed by atoms with Gasteiger partial charge in [-0.25, -0.2) is 8.42 Å². The number of benzene rings is 2. The Morgan fingerprint density at radius 2 is 1.53 bits per heavy atom. The van der Waals surface area contributed by atoms with Crippen molar-refractivity contribution in [2.24, 2.45) is 0 Å². The zero-order valence-electron chi connectivity index (χ0n) is 20.0. The van der Waals surface area contributed by atoms with Gasteiger partial charge >= 0.3 is 0 Å². The van der Waals surface area contributed by atoms with Crippen LogP contribution in [0.4, 0.5) is 0 Å². The molecule has 0 spiro atoms. The highest BCUT2D eigenvalue weighted by Crippen LogP contribution is 2.20. The molecule has 1 saturated heterocycles. The summed E-state index contributed by atoms with van der Waals surface area (Å²) in [5.41, 5.74) is 1.93. The van der Waals surface area contributed by atoms with Gasteiger partial charge in [0.1, 0.15) is 0 Å². The zero-order chi connectivity index (χ0) is 25.9. The lowest BCUT2D eigenvalue weighted by molar-refractivity contribution is -0.132. The van der Waals surface area contributed by atoms with Crippen molar-refractivity contribution in [3.05, 3.63) is 89.4 Å². The number of hydrogen-bond donors (Lipinski definition) is 1. The molecule has 3 aromatic rings. The smallest absolute Gasteiger partial charge is 0.289 e. The second-order valence-corrected chi connectivity index (χ2v) is 10.7. The van der Waals surface area contributed by atoms with Crippen LogP contribution < -0.4 is 5.32 Å². The van der Waals surface area contributed by atoms with E-state index in [0.29, 0.717) is 0 Å². The summed E-state index contributed by atoms with van der Waals surface area (Å²) in [4.78, 5) is 41.9. The number of sulfone groups is 1. The molecule has 1 aliphatic heterocycles. The average Bonchev–Trinajstić information content (AvgIpc) is 3.42. The lowest BCUT2D eigenvalue weighted by Crippen LogP contribution is -2.57. The van der Waals surface area contributed by atoms with Gasteiger partial charge in [0.2, 0.25) is 15.2 Å². The Bertz CT molecular complexity index is 1360. The molecule has 2 heterocycles. The SMILES string of the molecule is Cc1ccc(S(=O)(=O)[C@H](NC(=O)c2cccc(C)c2)C(=O)N2CCN(C(=O)c3ccco3)CC2)cc1. The number of nitrogens with zero attached hydrogens (tertiary/aromatic N) is 2. The molecule has 0 saturated carbocycles. The summed E-state index contributed by atoms with van der Waals surface area (Å²) in [6.45, 7) is 4.27. The number of aryl methyl sites for hydroxylation is 2. The van der Waals surface area contributed by atoms with Crippen molar-refractivity contribution in [1.29, 1.82) is 0 Å². The van der Waals surface area contributed by atoms with Crippen molar-refractivity contribution in [2.45, 2.75) is 24.1 Å². The lowest BCUT2D eigenvalue weighted by atomic mass is 10.1. The van der Waals surface area contributed by atoms with E-state index < -0.39 is 27.0 Å². The van der Waals surface area contributed by atoms with Gasteiger partial charge in [0.05, 0.1) is 11.2 Å². The summed E-state index contributed by atoms with van der Waals surface area (Å²) < 4.78 is 32.3. The third-order valence-corrected chi connectivity index (χ3v) is 7.91. The van der Waals surface area contributed by atoms with E-state index in [-0.39, 0.29) is 48.3 Å². The van der Waals surface area contributed by atoms with Crippen molar-refractivity contribution in [3.63, 3.8) is 0 Å². The van der Waals surface area contributed by atoms with Crippen molar-refractivity contribution in [3.8, 4) is 0 Å². The van der Waals surface area contributed by atoms with Gasteiger partial charge in [-0.15, -0.1) is 0 Å². The van der Waals surface area contributed by atoms with Gasteiger partial charge in [0.25, 0.3) is 17.7 Å². The van der Waals surface area contributed by atoms with Gasteiger partial charge in [0, 0.05) is 31.7 Å². The van der Waals surface area contributed by atoms with Crippen LogP contribution in [-0.2, 0) is 14.6 Å². The lowest BCUT2D eigenvalue weighted by Gasteiger charge is -2.36. The van der Waals surface area contributed by atoms with Crippen LogP contribution in [0.3, 0.4) is 0 Å². The molecule has 0 unspecified atom stereocenters. The van der Waals surface area contributed by atoms with Crippen molar-refractivity contribution in [2.75, 3.05) is 26.2 Å². The van der Waals surface area contributed by atoms with E-state index >= 15 is 0 Å². The van der Waals surface area contributed by atoms with Crippen LogP contribution in [0.25, 0.3) is 0 Å². The molecule has 2 aromatic carbocycles. The minimum absolute atomic E-state index is 0.0670. The topological polar surface area (TPSA) is 117 Å². The summed E-state index contributed by atoms with van der Waals surface area (Å²) in [6, 6.07) is 16.0. The Balaban J connectivity index is 1.57. The molecular weight excluding hydrogens is 482 g/mol. The fraction of sp³-hybridized carbons (Fsp3) is 0.269. The largest absolute Gasteiger partial charge is 0.459 e. The highest BCUT2D eigenvalue weighted by molar-refractivity contribution is 7.92. The summed E-state index contributed by atoms with van der Waals surface area (Å²) >= 11 is 0. The first-order valence-corrected chi connectivity index (χ1v) is 13.0. The van der Waals surface area contributed by atoms with Gasteiger partial charge in [-0.3, -0.25) is 14.4 Å². The van der Waals surface area contributed by atoms with Gasteiger partial charge in [-0.2, -0.15) is 0 Å². The van der Waals surface area contributed by atoms with E-state index in [1.54, 1.807) is 42.5 Å². The van der Waals surface area contributed by atoms with Crippen LogP contribution in [0, 0.1) is 13.8 Å². The number of furan rings is 1. The Hall–Kier alpha value is -3.92. The normalized spacial score (nSPS) is 14.8. The molecular formula is C26H27N3O6S. The predicted molar refractivity (Wildman–Crippen MR) is 132 cm³/mol. The molecule has 36 heavy (non-hydrogen) atoms. The van der Waals surface area contributed by atoms with E-state index in [1.807, 2.05) is 19.9 Å². The maximum Gasteiger partial charge on any atom is 0.289 e. The van der Waals surface area contributed by atoms with Gasteiger partial charge in [0.15, 0.2) is 5.76 Å². The fourth-order valence-electron chi connectivity index (χ4n) is 3.98. The number of hydrogen-bond acceptors (Lipinski definition) is 6. The van der Waals surface area contributed by atoms with Gasteiger partial charge in [-0.1, -0.05) is 35.4 Å². The van der Waals surface area contributed by atoms with Crippen LogP contribution in [0.2, 0.25) is 0 Å². The maximum absolute atomic E-state index is 13.6. The molecule has 1 aromatic heterocycles. The first-order valence-electron chi connectivity index (χ1n) is 11.5. The first-order chi connectivity index (χ1) is 17.2. The molecule has 0 bridgehead atoms. The number of piperazine rings is 1. The summed E-state index contributed by atoms with van der Waals surface area (Å²) in [5.74, 6) is -1.52. The molecule has 1 fully saturated rings. The first kappa shape index (κ1) is 25.2. The Kier molecular flexibility index (Phi) is 7.25. The Labute approximate surface area is 209 Å². The third kappa shape index (κ3) is 5.33. The van der Waals surface area contributed by atoms with Gasteiger partial charge < -0.3 is 19.5 Å². The standard InChI is InChI=1S/C26H27N3O6S/c1-18-8-10-21(11-9-18)36(33,34)24(27-23(30)20-6-3-5-19(2)17-20)26(32)29-14-12-28(13-15-29)25(31)22-7-4-16-35-22/h3-11,16-17,24H,12-15H2,1-2H3,(H,27,30)/t24-/m0/s1. The number of rotatable bonds is 6. The number of amides is 3. The highest BCUT2D eigenvalue weighted by Gasteiger charge is 2.39. The Morgan fingerprint density at radius 3 is 2.14 bits per heavy atom. The Morgan fingerprint density at radius 1 is 0.861 bits per heavy atom. The molecule has 188 valence electrons. The second kappa shape index (κ2) is 10.4. The molecule has 3 amide bonds. The van der Waals surface area contributed by atoms with Crippen molar-refractivity contribution >= 4 is 27.6 Å². The molecule has 0 aliphatic carbocycles. The quantitative estimate of drug-likeness (QED) is 0.546. The van der Waals surface area contributed by atoms with E-state index in [0.717, 1.165) is 11.1 Å². The van der Waals surface area contributed by atoms with Crippen LogP contribution in [-0.4, -0.2) is 67.5 Å². The third-order valence-electron chi connectivity index (χ3n) is 6.04. The van der Waals surface area contributed by atoms with E-state index in [1.165, 1.54) is 28.2 Å². The van der Waals surface area contributed by atoms with Gasteiger partial charge in [-0.05, 0) is 50.2 Å².